The molecule has 1 aromatic heterocycles. The zero-order valence-electron chi connectivity index (χ0n) is 16.3. The number of rotatable bonds is 5. The number of carbonyl (C=O) groups is 1. The highest BCUT2D eigenvalue weighted by Gasteiger charge is 2.22. The minimum Gasteiger partial charge on any atom is -0.371 e. The average Bonchev–Trinajstić information content (AvgIpc) is 2.77. The van der Waals surface area contributed by atoms with Gasteiger partial charge >= 0.3 is 6.03 Å². The molecule has 1 fully saturated rings. The second-order valence-electron chi connectivity index (χ2n) is 7.33. The Balaban J connectivity index is 1.18. The summed E-state index contributed by atoms with van der Waals surface area (Å²) in [5.41, 5.74) is 2.80. The lowest BCUT2D eigenvalue weighted by molar-refractivity contribution is 0.194. The molecular weight excluding hydrogens is 352 g/mol. The van der Waals surface area contributed by atoms with E-state index in [1.54, 1.807) is 12.4 Å². The highest BCUT2D eigenvalue weighted by molar-refractivity contribution is 5.74. The minimum absolute atomic E-state index is 0.0349. The molecule has 28 heavy (non-hydrogen) atoms. The number of aryl methyl sites for hydroxylation is 1. The summed E-state index contributed by atoms with van der Waals surface area (Å²) in [7, 11) is 0. The molecule has 0 atom stereocenters. The predicted octanol–water partition coefficient (Wildman–Crippen LogP) is 2.15. The zero-order valence-corrected chi connectivity index (χ0v) is 16.3. The number of piperazine rings is 1. The molecule has 0 radical (unpaired) electrons. The number of anilines is 2. The third-order valence-electron chi connectivity index (χ3n) is 5.49. The fourth-order valence-electron chi connectivity index (χ4n) is 3.98. The van der Waals surface area contributed by atoms with Gasteiger partial charge in [0.05, 0.1) is 0 Å². The Labute approximate surface area is 166 Å². The summed E-state index contributed by atoms with van der Waals surface area (Å²) in [6.07, 6.45) is 6.84. The third kappa shape index (κ3) is 4.35. The summed E-state index contributed by atoms with van der Waals surface area (Å²) in [6.45, 7) is 5.72. The molecule has 3 heterocycles. The van der Waals surface area contributed by atoms with Crippen LogP contribution in [0.4, 0.5) is 16.4 Å². The number of urea groups is 1. The van der Waals surface area contributed by atoms with Gasteiger partial charge in [-0.15, -0.1) is 0 Å². The van der Waals surface area contributed by atoms with E-state index in [2.05, 4.69) is 49.4 Å². The highest BCUT2D eigenvalue weighted by Crippen LogP contribution is 2.26. The van der Waals surface area contributed by atoms with E-state index in [9.17, 15) is 4.79 Å². The number of aromatic nitrogens is 2. The molecule has 2 aliphatic heterocycles. The molecule has 0 aliphatic carbocycles. The monoisotopic (exact) mass is 380 g/mol. The van der Waals surface area contributed by atoms with Gasteiger partial charge in [0.2, 0.25) is 5.95 Å². The van der Waals surface area contributed by atoms with E-state index < -0.39 is 0 Å². The molecule has 2 aromatic rings. The standard InChI is InChI=1S/C21H28N6O/c28-21(27-16-14-26(15-17-27)20-22-9-4-10-23-20)24-11-5-13-25-12-3-7-18-6-1-2-8-19(18)25/h1-2,4,6,8-10H,3,5,7,11-17H2,(H,24,28). The number of hydrogen-bond donors (Lipinski definition) is 1. The number of nitrogens with zero attached hydrogens (tertiary/aromatic N) is 5. The second kappa shape index (κ2) is 8.91. The second-order valence-corrected chi connectivity index (χ2v) is 7.33. The lowest BCUT2D eigenvalue weighted by Crippen LogP contribution is -2.52. The molecule has 4 rings (SSSR count). The van der Waals surface area contributed by atoms with Crippen LogP contribution >= 0.6 is 0 Å². The lowest BCUT2D eigenvalue weighted by Gasteiger charge is -2.34. The maximum atomic E-state index is 12.4. The van der Waals surface area contributed by atoms with E-state index in [4.69, 9.17) is 0 Å². The van der Waals surface area contributed by atoms with Gasteiger partial charge in [-0.3, -0.25) is 0 Å². The summed E-state index contributed by atoms with van der Waals surface area (Å²) in [4.78, 5) is 27.5. The Morgan fingerprint density at radius 3 is 2.61 bits per heavy atom. The normalized spacial score (nSPS) is 16.6. The van der Waals surface area contributed by atoms with Crippen LogP contribution in [0, 0.1) is 0 Å². The van der Waals surface area contributed by atoms with Gasteiger partial charge in [0.25, 0.3) is 0 Å². The van der Waals surface area contributed by atoms with Crippen LogP contribution in [-0.2, 0) is 6.42 Å². The van der Waals surface area contributed by atoms with Crippen LogP contribution in [0.15, 0.2) is 42.7 Å². The van der Waals surface area contributed by atoms with Crippen LogP contribution in [-0.4, -0.2) is 66.7 Å². The van der Waals surface area contributed by atoms with Crippen molar-refractivity contribution in [3.05, 3.63) is 48.3 Å². The first-order chi connectivity index (χ1) is 13.8. The number of fused-ring (bicyclic) bond motifs is 1. The number of nitrogens with one attached hydrogen (secondary N) is 1. The van der Waals surface area contributed by atoms with Crippen LogP contribution in [0.3, 0.4) is 0 Å². The van der Waals surface area contributed by atoms with E-state index in [0.29, 0.717) is 19.6 Å². The zero-order chi connectivity index (χ0) is 19.2. The first-order valence-corrected chi connectivity index (χ1v) is 10.2. The topological polar surface area (TPSA) is 64.6 Å². The van der Waals surface area contributed by atoms with Crippen LogP contribution in [0.25, 0.3) is 0 Å². The van der Waals surface area contributed by atoms with E-state index in [0.717, 1.165) is 38.5 Å². The Bertz CT molecular complexity index is 775. The van der Waals surface area contributed by atoms with Gasteiger partial charge in [0.1, 0.15) is 0 Å². The van der Waals surface area contributed by atoms with Crippen molar-refractivity contribution in [1.29, 1.82) is 0 Å². The molecule has 1 saturated heterocycles. The Hall–Kier alpha value is -2.83. The SMILES string of the molecule is O=C(NCCCN1CCCc2ccccc21)N1CCN(c2ncccn2)CC1. The summed E-state index contributed by atoms with van der Waals surface area (Å²) in [5, 5.41) is 3.08. The quantitative estimate of drug-likeness (QED) is 0.806. The summed E-state index contributed by atoms with van der Waals surface area (Å²) in [6, 6.07) is 10.5. The summed E-state index contributed by atoms with van der Waals surface area (Å²) in [5.74, 6) is 0.740. The Kier molecular flexibility index (Phi) is 5.89. The van der Waals surface area contributed by atoms with Crippen LogP contribution in [0.2, 0.25) is 0 Å². The maximum Gasteiger partial charge on any atom is 0.317 e. The molecule has 0 unspecified atom stereocenters. The van der Waals surface area contributed by atoms with E-state index in [1.807, 2.05) is 11.0 Å². The average molecular weight is 380 g/mol. The molecule has 0 saturated carbocycles. The number of benzene rings is 1. The number of carbonyl (C=O) groups excluding carboxylic acids is 1. The molecule has 1 N–H and O–H groups in total. The molecule has 2 amide bonds. The fourth-order valence-corrected chi connectivity index (χ4v) is 3.98. The molecule has 0 bridgehead atoms. The smallest absolute Gasteiger partial charge is 0.317 e. The Morgan fingerprint density at radius 1 is 1.00 bits per heavy atom. The molecule has 2 aliphatic rings. The Morgan fingerprint density at radius 2 is 1.79 bits per heavy atom. The van der Waals surface area contributed by atoms with Gasteiger partial charge < -0.3 is 20.0 Å². The number of amides is 2. The summed E-state index contributed by atoms with van der Waals surface area (Å²) < 4.78 is 0. The van der Waals surface area contributed by atoms with Crippen molar-refractivity contribution in [3.63, 3.8) is 0 Å². The van der Waals surface area contributed by atoms with Gasteiger partial charge in [-0.2, -0.15) is 0 Å². The largest absolute Gasteiger partial charge is 0.371 e. The van der Waals surface area contributed by atoms with Gasteiger partial charge in [0, 0.05) is 63.9 Å². The maximum absolute atomic E-state index is 12.4. The van der Waals surface area contributed by atoms with Crippen molar-refractivity contribution in [2.45, 2.75) is 19.3 Å². The van der Waals surface area contributed by atoms with Crippen molar-refractivity contribution < 1.29 is 4.79 Å². The number of hydrogen-bond acceptors (Lipinski definition) is 5. The van der Waals surface area contributed by atoms with Crippen molar-refractivity contribution in [2.75, 3.05) is 55.6 Å². The van der Waals surface area contributed by atoms with Gasteiger partial charge in [-0.05, 0) is 37.0 Å². The van der Waals surface area contributed by atoms with E-state index >= 15 is 0 Å². The number of para-hydroxylation sites is 1. The van der Waals surface area contributed by atoms with Crippen LogP contribution < -0.4 is 15.1 Å². The minimum atomic E-state index is 0.0349. The van der Waals surface area contributed by atoms with Crippen molar-refractivity contribution in [3.8, 4) is 0 Å². The highest BCUT2D eigenvalue weighted by atomic mass is 16.2. The molecule has 0 spiro atoms. The lowest BCUT2D eigenvalue weighted by atomic mass is 10.0. The van der Waals surface area contributed by atoms with Crippen LogP contribution in [0.1, 0.15) is 18.4 Å². The molecular formula is C21H28N6O. The van der Waals surface area contributed by atoms with Crippen molar-refractivity contribution in [1.82, 2.24) is 20.2 Å². The first kappa shape index (κ1) is 18.5. The van der Waals surface area contributed by atoms with Gasteiger partial charge in [0.15, 0.2) is 0 Å². The van der Waals surface area contributed by atoms with Crippen LogP contribution in [0.5, 0.6) is 0 Å². The molecule has 1 aromatic carbocycles. The predicted molar refractivity (Wildman–Crippen MR) is 111 cm³/mol. The van der Waals surface area contributed by atoms with Gasteiger partial charge in [-0.1, -0.05) is 18.2 Å². The van der Waals surface area contributed by atoms with Crippen molar-refractivity contribution >= 4 is 17.7 Å². The van der Waals surface area contributed by atoms with Crippen molar-refractivity contribution in [2.24, 2.45) is 0 Å². The molecule has 7 nitrogen and oxygen atoms in total. The van der Waals surface area contributed by atoms with Gasteiger partial charge in [-0.25, -0.2) is 14.8 Å². The summed E-state index contributed by atoms with van der Waals surface area (Å²) >= 11 is 0. The first-order valence-electron chi connectivity index (χ1n) is 10.2. The molecule has 7 heteroatoms. The fraction of sp³-hybridized carbons (Fsp3) is 0.476. The molecule has 148 valence electrons. The third-order valence-corrected chi connectivity index (χ3v) is 5.49. The van der Waals surface area contributed by atoms with E-state index in [1.165, 1.54) is 24.1 Å². The van der Waals surface area contributed by atoms with E-state index in [-0.39, 0.29) is 6.03 Å².